The Balaban J connectivity index is 1.85. The summed E-state index contributed by atoms with van der Waals surface area (Å²) in [6.45, 7) is 2.51. The number of ether oxygens (including phenoxy) is 2. The molecule has 2 rings (SSSR count). The number of rotatable bonds is 6. The monoisotopic (exact) mass is 324 g/mol. The van der Waals surface area contributed by atoms with Gasteiger partial charge in [-0.05, 0) is 30.5 Å². The molecule has 1 N–H and O–H groups in total. The van der Waals surface area contributed by atoms with Gasteiger partial charge in [0.25, 0.3) is 0 Å². The van der Waals surface area contributed by atoms with Crippen molar-refractivity contribution in [3.8, 4) is 0 Å². The van der Waals surface area contributed by atoms with Gasteiger partial charge in [0, 0.05) is 39.8 Å². The van der Waals surface area contributed by atoms with Crippen molar-refractivity contribution in [2.75, 3.05) is 40.5 Å². The lowest BCUT2D eigenvalue weighted by atomic mass is 9.99. The average molecular weight is 324 g/mol. The van der Waals surface area contributed by atoms with Crippen LogP contribution in [0.4, 0.5) is 9.18 Å². The van der Waals surface area contributed by atoms with Crippen molar-refractivity contribution in [2.45, 2.75) is 18.9 Å². The first-order valence-corrected chi connectivity index (χ1v) is 7.94. The van der Waals surface area contributed by atoms with Crippen LogP contribution in [0, 0.1) is 11.7 Å². The third-order valence-electron chi connectivity index (χ3n) is 4.17. The normalized spacial score (nSPS) is 19.4. The first kappa shape index (κ1) is 17.7. The second-order valence-corrected chi connectivity index (χ2v) is 5.87. The van der Waals surface area contributed by atoms with Gasteiger partial charge in [0.1, 0.15) is 5.82 Å². The van der Waals surface area contributed by atoms with Crippen LogP contribution in [0.2, 0.25) is 0 Å². The summed E-state index contributed by atoms with van der Waals surface area (Å²) in [5.74, 6) is 0.111. The van der Waals surface area contributed by atoms with E-state index in [1.54, 1.807) is 26.4 Å². The highest BCUT2D eigenvalue weighted by Gasteiger charge is 2.24. The smallest absolute Gasteiger partial charge is 0.317 e. The summed E-state index contributed by atoms with van der Waals surface area (Å²) in [5.41, 5.74) is 0.838. The molecule has 1 aromatic rings. The molecule has 128 valence electrons. The third kappa shape index (κ3) is 5.18. The third-order valence-corrected chi connectivity index (χ3v) is 4.17. The zero-order valence-corrected chi connectivity index (χ0v) is 13.8. The number of methoxy groups -OCH3 is 2. The standard InChI is InChI=1S/C17H25FN2O3/c1-22-12-13-4-3-9-20(11-13)17(21)19-10-16(23-2)14-5-7-15(18)8-6-14/h5-8,13,16H,3-4,9-12H2,1-2H3,(H,19,21)/t13-,16-/m0/s1. The minimum atomic E-state index is -0.292. The molecule has 0 unspecified atom stereocenters. The topological polar surface area (TPSA) is 50.8 Å². The van der Waals surface area contributed by atoms with Crippen LogP contribution in [-0.2, 0) is 9.47 Å². The molecule has 5 nitrogen and oxygen atoms in total. The van der Waals surface area contributed by atoms with Crippen LogP contribution < -0.4 is 5.32 Å². The molecule has 6 heteroatoms. The van der Waals surface area contributed by atoms with Crippen molar-refractivity contribution in [1.82, 2.24) is 10.2 Å². The van der Waals surface area contributed by atoms with Gasteiger partial charge < -0.3 is 19.7 Å². The van der Waals surface area contributed by atoms with Crippen molar-refractivity contribution in [1.29, 1.82) is 0 Å². The Kier molecular flexibility index (Phi) is 6.80. The fourth-order valence-electron chi connectivity index (χ4n) is 2.93. The van der Waals surface area contributed by atoms with Crippen LogP contribution in [0.25, 0.3) is 0 Å². The van der Waals surface area contributed by atoms with Crippen LogP contribution in [0.15, 0.2) is 24.3 Å². The van der Waals surface area contributed by atoms with Crippen molar-refractivity contribution in [3.05, 3.63) is 35.6 Å². The van der Waals surface area contributed by atoms with Gasteiger partial charge in [-0.1, -0.05) is 12.1 Å². The highest BCUT2D eigenvalue weighted by Crippen LogP contribution is 2.18. The van der Waals surface area contributed by atoms with E-state index >= 15 is 0 Å². The summed E-state index contributed by atoms with van der Waals surface area (Å²) in [4.78, 5) is 14.1. The highest BCUT2D eigenvalue weighted by atomic mass is 19.1. The molecule has 2 amide bonds. The number of carbonyl (C=O) groups excluding carboxylic acids is 1. The molecule has 1 fully saturated rings. The van der Waals surface area contributed by atoms with Gasteiger partial charge in [-0.2, -0.15) is 0 Å². The van der Waals surface area contributed by atoms with Gasteiger partial charge in [0.2, 0.25) is 0 Å². The fourth-order valence-corrected chi connectivity index (χ4v) is 2.93. The molecule has 1 aliphatic rings. The van der Waals surface area contributed by atoms with Gasteiger partial charge in [0.15, 0.2) is 0 Å². The molecule has 0 aromatic heterocycles. The lowest BCUT2D eigenvalue weighted by Gasteiger charge is -2.32. The average Bonchev–Trinajstić information content (AvgIpc) is 2.57. The van der Waals surface area contributed by atoms with Crippen LogP contribution in [-0.4, -0.2) is 51.4 Å². The maximum absolute atomic E-state index is 13.0. The van der Waals surface area contributed by atoms with Gasteiger partial charge in [0.05, 0.1) is 12.7 Å². The summed E-state index contributed by atoms with van der Waals surface area (Å²) < 4.78 is 23.6. The van der Waals surface area contributed by atoms with E-state index in [1.807, 2.05) is 4.90 Å². The molecule has 1 saturated heterocycles. The van der Waals surface area contributed by atoms with E-state index in [9.17, 15) is 9.18 Å². The predicted octanol–water partition coefficient (Wildman–Crippen LogP) is 2.58. The quantitative estimate of drug-likeness (QED) is 0.875. The first-order valence-electron chi connectivity index (χ1n) is 7.94. The number of nitrogens with zero attached hydrogens (tertiary/aromatic N) is 1. The SMILES string of the molecule is COC[C@H]1CCCN(C(=O)NC[C@H](OC)c2ccc(F)cc2)C1. The molecule has 2 atom stereocenters. The van der Waals surface area contributed by atoms with Crippen LogP contribution in [0.1, 0.15) is 24.5 Å². The summed E-state index contributed by atoms with van der Waals surface area (Å²) in [5, 5.41) is 2.91. The van der Waals surface area contributed by atoms with Gasteiger partial charge in [-0.3, -0.25) is 0 Å². The number of benzene rings is 1. The molecule has 23 heavy (non-hydrogen) atoms. The minimum absolute atomic E-state index is 0.0880. The number of halogens is 1. The second-order valence-electron chi connectivity index (χ2n) is 5.87. The van der Waals surface area contributed by atoms with E-state index < -0.39 is 0 Å². The van der Waals surface area contributed by atoms with Gasteiger partial charge in [-0.15, -0.1) is 0 Å². The van der Waals surface area contributed by atoms with Gasteiger partial charge in [-0.25, -0.2) is 9.18 Å². The summed E-state index contributed by atoms with van der Waals surface area (Å²) in [6.07, 6.45) is 1.79. The number of carbonyl (C=O) groups is 1. The van der Waals surface area contributed by atoms with E-state index in [0.717, 1.165) is 24.9 Å². The Labute approximate surface area is 136 Å². The first-order chi connectivity index (χ1) is 11.1. The molecule has 1 aromatic carbocycles. The lowest BCUT2D eigenvalue weighted by molar-refractivity contribution is 0.0895. The lowest BCUT2D eigenvalue weighted by Crippen LogP contribution is -2.47. The van der Waals surface area contributed by atoms with Gasteiger partial charge >= 0.3 is 6.03 Å². The summed E-state index contributed by atoms with van der Waals surface area (Å²) in [7, 11) is 3.26. The van der Waals surface area contributed by atoms with Crippen LogP contribution >= 0.6 is 0 Å². The van der Waals surface area contributed by atoms with Crippen molar-refractivity contribution >= 4 is 6.03 Å². The molecular weight excluding hydrogens is 299 g/mol. The molecule has 0 radical (unpaired) electrons. The summed E-state index contributed by atoms with van der Waals surface area (Å²) in [6, 6.07) is 6.04. The van der Waals surface area contributed by atoms with E-state index in [2.05, 4.69) is 5.32 Å². The number of likely N-dealkylation sites (tertiary alicyclic amines) is 1. The number of hydrogen-bond acceptors (Lipinski definition) is 3. The number of urea groups is 1. The molecule has 0 spiro atoms. The molecule has 0 aliphatic carbocycles. The van der Waals surface area contributed by atoms with E-state index in [4.69, 9.17) is 9.47 Å². The maximum atomic E-state index is 13.0. The largest absolute Gasteiger partial charge is 0.384 e. The number of piperidine rings is 1. The Morgan fingerprint density at radius 3 is 2.78 bits per heavy atom. The Morgan fingerprint density at radius 2 is 2.13 bits per heavy atom. The van der Waals surface area contributed by atoms with Crippen molar-refractivity contribution in [2.24, 2.45) is 5.92 Å². The molecule has 1 aliphatic heterocycles. The Morgan fingerprint density at radius 1 is 1.39 bits per heavy atom. The number of amides is 2. The Hall–Kier alpha value is -1.66. The van der Waals surface area contributed by atoms with Crippen LogP contribution in [0.5, 0.6) is 0 Å². The fraction of sp³-hybridized carbons (Fsp3) is 0.588. The molecule has 0 bridgehead atoms. The van der Waals surface area contributed by atoms with E-state index in [1.165, 1.54) is 12.1 Å². The van der Waals surface area contributed by atoms with E-state index in [-0.39, 0.29) is 18.0 Å². The maximum Gasteiger partial charge on any atom is 0.317 e. The van der Waals surface area contributed by atoms with Crippen molar-refractivity contribution < 1.29 is 18.7 Å². The number of nitrogens with one attached hydrogen (secondary N) is 1. The van der Waals surface area contributed by atoms with Crippen LogP contribution in [0.3, 0.4) is 0 Å². The Bertz CT molecular complexity index is 493. The minimum Gasteiger partial charge on any atom is -0.384 e. The number of hydrogen-bond donors (Lipinski definition) is 1. The predicted molar refractivity (Wildman–Crippen MR) is 85.7 cm³/mol. The highest BCUT2D eigenvalue weighted by molar-refractivity contribution is 5.74. The summed E-state index contributed by atoms with van der Waals surface area (Å²) >= 11 is 0. The molecular formula is C17H25FN2O3. The molecule has 1 heterocycles. The second kappa shape index (κ2) is 8.84. The molecule has 0 saturated carbocycles. The van der Waals surface area contributed by atoms with E-state index in [0.29, 0.717) is 25.6 Å². The van der Waals surface area contributed by atoms with Crippen molar-refractivity contribution in [3.63, 3.8) is 0 Å². The zero-order chi connectivity index (χ0) is 16.7. The zero-order valence-electron chi connectivity index (χ0n) is 13.8.